The van der Waals surface area contributed by atoms with Crippen molar-refractivity contribution in [2.75, 3.05) is 31.6 Å². The van der Waals surface area contributed by atoms with Crippen LogP contribution >= 0.6 is 0 Å². The quantitative estimate of drug-likeness (QED) is 0.860. The number of rotatable bonds is 2. The Morgan fingerprint density at radius 1 is 1.39 bits per heavy atom. The van der Waals surface area contributed by atoms with E-state index in [9.17, 15) is 4.79 Å². The summed E-state index contributed by atoms with van der Waals surface area (Å²) in [5, 5.41) is 3.36. The number of urea groups is 1. The van der Waals surface area contributed by atoms with E-state index in [1.807, 2.05) is 24.1 Å². The van der Waals surface area contributed by atoms with Gasteiger partial charge in [0.1, 0.15) is 0 Å². The van der Waals surface area contributed by atoms with Gasteiger partial charge in [-0.2, -0.15) is 0 Å². The predicted octanol–water partition coefficient (Wildman–Crippen LogP) is 1.67. The molecule has 0 aliphatic carbocycles. The van der Waals surface area contributed by atoms with Crippen LogP contribution in [0.2, 0.25) is 0 Å². The number of nitrogens with zero attached hydrogens (tertiary/aromatic N) is 2. The first kappa shape index (κ1) is 11.5. The summed E-state index contributed by atoms with van der Waals surface area (Å²) in [6.45, 7) is 3.64. The fourth-order valence-corrected chi connectivity index (χ4v) is 2.85. The van der Waals surface area contributed by atoms with Crippen LogP contribution in [0.25, 0.3) is 0 Å². The van der Waals surface area contributed by atoms with E-state index in [2.05, 4.69) is 17.4 Å². The number of amides is 2. The number of nitrogens with one attached hydrogen (secondary N) is 1. The molecule has 1 atom stereocenters. The molecule has 0 saturated carbocycles. The molecule has 2 aliphatic heterocycles. The van der Waals surface area contributed by atoms with Crippen LogP contribution < -0.4 is 10.2 Å². The molecule has 3 rings (SSSR count). The summed E-state index contributed by atoms with van der Waals surface area (Å²) < 4.78 is 0. The van der Waals surface area contributed by atoms with Gasteiger partial charge >= 0.3 is 6.03 Å². The van der Waals surface area contributed by atoms with Crippen LogP contribution in [0.15, 0.2) is 24.3 Å². The number of hydrogen-bond donors (Lipinski definition) is 1. The summed E-state index contributed by atoms with van der Waals surface area (Å²) in [6, 6.07) is 8.34. The first-order valence-electron chi connectivity index (χ1n) is 6.57. The fourth-order valence-electron chi connectivity index (χ4n) is 2.85. The Morgan fingerprint density at radius 2 is 2.22 bits per heavy atom. The standard InChI is InChI=1S/C14H19N3O/c1-16-10-12-4-2-3-5-13(12)17(14(16)18)9-11-6-7-15-8-11/h2-5,11,15H,6-10H2,1H3. The minimum Gasteiger partial charge on any atom is -0.323 e. The monoisotopic (exact) mass is 245 g/mol. The van der Waals surface area contributed by atoms with Gasteiger partial charge in [-0.15, -0.1) is 0 Å². The van der Waals surface area contributed by atoms with Crippen molar-refractivity contribution in [1.82, 2.24) is 10.2 Å². The average Bonchev–Trinajstić information content (AvgIpc) is 2.88. The van der Waals surface area contributed by atoms with Crippen molar-refractivity contribution in [2.24, 2.45) is 5.92 Å². The van der Waals surface area contributed by atoms with Gasteiger partial charge in [0.15, 0.2) is 0 Å². The van der Waals surface area contributed by atoms with Crippen LogP contribution in [0.1, 0.15) is 12.0 Å². The third kappa shape index (κ3) is 1.97. The van der Waals surface area contributed by atoms with Crippen LogP contribution in [-0.4, -0.2) is 37.6 Å². The van der Waals surface area contributed by atoms with E-state index < -0.39 is 0 Å². The third-order valence-electron chi connectivity index (χ3n) is 3.85. The van der Waals surface area contributed by atoms with E-state index in [1.54, 1.807) is 4.90 Å². The Hall–Kier alpha value is -1.55. The second-order valence-corrected chi connectivity index (χ2v) is 5.24. The van der Waals surface area contributed by atoms with Gasteiger partial charge in [-0.1, -0.05) is 18.2 Å². The Balaban J connectivity index is 1.88. The number of anilines is 1. The molecule has 1 aromatic carbocycles. The lowest BCUT2D eigenvalue weighted by atomic mass is 10.0. The van der Waals surface area contributed by atoms with Crippen molar-refractivity contribution >= 4 is 11.7 Å². The zero-order valence-electron chi connectivity index (χ0n) is 10.7. The molecule has 1 saturated heterocycles. The highest BCUT2D eigenvalue weighted by molar-refractivity contribution is 5.94. The lowest BCUT2D eigenvalue weighted by molar-refractivity contribution is 0.209. The number of carbonyl (C=O) groups excluding carboxylic acids is 1. The Morgan fingerprint density at radius 3 is 3.00 bits per heavy atom. The van der Waals surface area contributed by atoms with Gasteiger partial charge in [0.25, 0.3) is 0 Å². The van der Waals surface area contributed by atoms with E-state index >= 15 is 0 Å². The van der Waals surface area contributed by atoms with Crippen LogP contribution in [0.5, 0.6) is 0 Å². The van der Waals surface area contributed by atoms with Crippen molar-refractivity contribution in [3.05, 3.63) is 29.8 Å². The van der Waals surface area contributed by atoms with Crippen molar-refractivity contribution in [3.63, 3.8) is 0 Å². The minimum absolute atomic E-state index is 0.126. The van der Waals surface area contributed by atoms with Crippen molar-refractivity contribution in [1.29, 1.82) is 0 Å². The molecule has 2 heterocycles. The molecule has 0 bridgehead atoms. The predicted molar refractivity (Wildman–Crippen MR) is 71.6 cm³/mol. The Labute approximate surface area is 108 Å². The van der Waals surface area contributed by atoms with Gasteiger partial charge in [-0.05, 0) is 37.1 Å². The summed E-state index contributed by atoms with van der Waals surface area (Å²) >= 11 is 0. The highest BCUT2D eigenvalue weighted by Crippen LogP contribution is 2.29. The normalized spacial score (nSPS) is 23.4. The fraction of sp³-hybridized carbons (Fsp3) is 0.500. The van der Waals surface area contributed by atoms with Crippen LogP contribution in [0.3, 0.4) is 0 Å². The molecule has 2 amide bonds. The molecule has 0 radical (unpaired) electrons. The molecule has 0 aromatic heterocycles. The molecule has 1 fully saturated rings. The van der Waals surface area contributed by atoms with E-state index in [0.717, 1.165) is 31.7 Å². The zero-order chi connectivity index (χ0) is 12.5. The van der Waals surface area contributed by atoms with Gasteiger partial charge in [0.05, 0.1) is 5.69 Å². The average molecular weight is 245 g/mol. The van der Waals surface area contributed by atoms with Crippen molar-refractivity contribution in [3.8, 4) is 0 Å². The Kier molecular flexibility index (Phi) is 2.96. The second-order valence-electron chi connectivity index (χ2n) is 5.24. The van der Waals surface area contributed by atoms with Crippen molar-refractivity contribution in [2.45, 2.75) is 13.0 Å². The summed E-state index contributed by atoms with van der Waals surface area (Å²) in [4.78, 5) is 16.0. The third-order valence-corrected chi connectivity index (χ3v) is 3.85. The van der Waals surface area contributed by atoms with Gasteiger partial charge < -0.3 is 10.2 Å². The van der Waals surface area contributed by atoms with Crippen LogP contribution in [-0.2, 0) is 6.54 Å². The SMILES string of the molecule is CN1Cc2ccccc2N(CC2CCNC2)C1=O. The van der Waals surface area contributed by atoms with Gasteiger partial charge in [0.2, 0.25) is 0 Å². The molecular weight excluding hydrogens is 226 g/mol. The Bertz CT molecular complexity index is 454. The van der Waals surface area contributed by atoms with E-state index in [1.165, 1.54) is 5.56 Å². The number of para-hydroxylation sites is 1. The molecule has 4 nitrogen and oxygen atoms in total. The first-order valence-corrected chi connectivity index (χ1v) is 6.57. The largest absolute Gasteiger partial charge is 0.324 e. The lowest BCUT2D eigenvalue weighted by Gasteiger charge is -2.36. The molecule has 96 valence electrons. The van der Waals surface area contributed by atoms with Gasteiger partial charge in [-0.3, -0.25) is 4.90 Å². The summed E-state index contributed by atoms with van der Waals surface area (Å²) in [6.07, 6.45) is 1.16. The maximum atomic E-state index is 12.3. The maximum Gasteiger partial charge on any atom is 0.324 e. The molecular formula is C14H19N3O. The van der Waals surface area contributed by atoms with E-state index in [4.69, 9.17) is 0 Å². The molecule has 1 N–H and O–H groups in total. The summed E-state index contributed by atoms with van der Waals surface area (Å²) in [5.41, 5.74) is 2.33. The first-order chi connectivity index (χ1) is 8.75. The zero-order valence-corrected chi connectivity index (χ0v) is 10.7. The molecule has 1 unspecified atom stereocenters. The molecule has 4 heteroatoms. The minimum atomic E-state index is 0.126. The summed E-state index contributed by atoms with van der Waals surface area (Å²) in [7, 11) is 1.87. The summed E-state index contributed by atoms with van der Waals surface area (Å²) in [5.74, 6) is 0.577. The number of hydrogen-bond acceptors (Lipinski definition) is 2. The van der Waals surface area contributed by atoms with E-state index in [-0.39, 0.29) is 6.03 Å². The highest BCUT2D eigenvalue weighted by Gasteiger charge is 2.30. The van der Waals surface area contributed by atoms with E-state index in [0.29, 0.717) is 12.5 Å². The lowest BCUT2D eigenvalue weighted by Crippen LogP contribution is -2.47. The topological polar surface area (TPSA) is 35.6 Å². The molecule has 0 spiro atoms. The number of carbonyl (C=O) groups is 1. The van der Waals surface area contributed by atoms with Crippen LogP contribution in [0.4, 0.5) is 10.5 Å². The maximum absolute atomic E-state index is 12.3. The van der Waals surface area contributed by atoms with Gasteiger partial charge in [0, 0.05) is 20.1 Å². The van der Waals surface area contributed by atoms with Crippen LogP contribution in [0, 0.1) is 5.92 Å². The van der Waals surface area contributed by atoms with Crippen molar-refractivity contribution < 1.29 is 4.79 Å². The molecule has 2 aliphatic rings. The highest BCUT2D eigenvalue weighted by atomic mass is 16.2. The molecule has 1 aromatic rings. The molecule has 18 heavy (non-hydrogen) atoms. The number of fused-ring (bicyclic) bond motifs is 1. The van der Waals surface area contributed by atoms with Gasteiger partial charge in [-0.25, -0.2) is 4.79 Å². The number of benzene rings is 1. The second kappa shape index (κ2) is 4.61. The smallest absolute Gasteiger partial charge is 0.323 e.